The molecule has 2 aliphatic rings. The monoisotopic (exact) mass is 574 g/mol. The zero-order valence-electron chi connectivity index (χ0n) is 21.7. The largest absolute Gasteiger partial charge is 4.00 e. The van der Waals surface area contributed by atoms with Crippen LogP contribution in [0.15, 0.2) is 47.7 Å². The van der Waals surface area contributed by atoms with Gasteiger partial charge < -0.3 is 24.8 Å². The molecule has 0 fully saturated rings. The average Bonchev–Trinajstić information content (AvgIpc) is 3.27. The van der Waals surface area contributed by atoms with E-state index in [9.17, 15) is 0 Å². The topological polar surface area (TPSA) is 0 Å². The minimum Gasteiger partial charge on any atom is -1.00 e. The van der Waals surface area contributed by atoms with E-state index in [1.54, 1.807) is 5.20 Å². The summed E-state index contributed by atoms with van der Waals surface area (Å²) in [5.74, 6) is 0. The van der Waals surface area contributed by atoms with Gasteiger partial charge in [-0.2, -0.15) is 29.8 Å². The normalized spacial score (nSPS) is 13.9. The van der Waals surface area contributed by atoms with Crippen molar-refractivity contribution in [3.63, 3.8) is 0 Å². The van der Waals surface area contributed by atoms with E-state index < -0.39 is 8.07 Å². The van der Waals surface area contributed by atoms with Gasteiger partial charge in [0.15, 0.2) is 0 Å². The third kappa shape index (κ3) is 8.06. The quantitative estimate of drug-likeness (QED) is 0.308. The Morgan fingerprint density at radius 1 is 0.818 bits per heavy atom. The molecule has 176 valence electrons. The minimum atomic E-state index is -0.981. The van der Waals surface area contributed by atoms with Gasteiger partial charge in [-0.1, -0.05) is 84.9 Å². The first kappa shape index (κ1) is 32.6. The van der Waals surface area contributed by atoms with Crippen molar-refractivity contribution in [3.8, 4) is 11.1 Å². The van der Waals surface area contributed by atoms with Crippen LogP contribution in [0.5, 0.6) is 0 Å². The Morgan fingerprint density at radius 2 is 1.42 bits per heavy atom. The number of hydrogen-bond donors (Lipinski definition) is 0. The standard InChI is InChI=1S/C21H25.C8H13Si.2ClH.Zr/c1-20(2,3)16-7-9-18-14(12-16)11-15-13-17(21(4,5)6)8-10-19(15)18;1-9(2,3)8-6-4-5-7-8;;;/h7-10,12H,11H2,1-6H3;6-7H,4H2,1-3H3;2*1H;/q2*-1;;;+4/p-2. The number of benzene rings is 2. The number of fused-ring (bicyclic) bond motifs is 3. The van der Waals surface area contributed by atoms with Crippen LogP contribution in [0, 0.1) is 12.1 Å². The molecule has 0 radical (unpaired) electrons. The van der Waals surface area contributed by atoms with Crippen LogP contribution in [-0.4, -0.2) is 8.07 Å². The van der Waals surface area contributed by atoms with Gasteiger partial charge >= 0.3 is 26.2 Å². The van der Waals surface area contributed by atoms with E-state index in [-0.39, 0.29) is 61.8 Å². The Hall–Kier alpha value is -0.400. The van der Waals surface area contributed by atoms with Crippen LogP contribution in [-0.2, 0) is 43.5 Å². The molecule has 0 nitrogen and oxygen atoms in total. The molecule has 0 bridgehead atoms. The van der Waals surface area contributed by atoms with Gasteiger partial charge in [0.25, 0.3) is 0 Å². The molecule has 0 saturated heterocycles. The van der Waals surface area contributed by atoms with Crippen LogP contribution in [0.1, 0.15) is 70.2 Å². The number of halogens is 2. The average molecular weight is 577 g/mol. The molecular weight excluding hydrogens is 539 g/mol. The van der Waals surface area contributed by atoms with Crippen LogP contribution < -0.4 is 24.8 Å². The van der Waals surface area contributed by atoms with E-state index in [2.05, 4.69) is 116 Å². The second-order valence-electron chi connectivity index (χ2n) is 11.8. The van der Waals surface area contributed by atoms with Gasteiger partial charge in [-0.3, -0.25) is 6.08 Å². The third-order valence-electron chi connectivity index (χ3n) is 6.03. The van der Waals surface area contributed by atoms with Crippen molar-refractivity contribution in [1.29, 1.82) is 0 Å². The summed E-state index contributed by atoms with van der Waals surface area (Å²) in [5, 5.41) is 1.56. The molecule has 0 saturated carbocycles. The van der Waals surface area contributed by atoms with Gasteiger partial charge in [-0.25, -0.2) is 11.3 Å². The van der Waals surface area contributed by atoms with E-state index in [1.807, 2.05) is 0 Å². The Bertz CT molecular complexity index is 938. The summed E-state index contributed by atoms with van der Waals surface area (Å²) in [6, 6.07) is 15.2. The first-order chi connectivity index (χ1) is 13.8. The second kappa shape index (κ2) is 12.0. The SMILES string of the molecule is CC(C)(C)c1[c-]c2c(cc1)-c1ccc(C(C)(C)C)cc1C2.C[Si](C)(C)C1=CC[C-]=C1.[Cl-].[Cl-].[Zr+4]. The molecule has 0 aromatic heterocycles. The molecule has 4 heteroatoms. The maximum atomic E-state index is 3.67. The molecule has 2 aromatic rings. The van der Waals surface area contributed by atoms with E-state index in [4.69, 9.17) is 0 Å². The summed E-state index contributed by atoms with van der Waals surface area (Å²) >= 11 is 0. The Labute approximate surface area is 235 Å². The molecule has 0 atom stereocenters. The van der Waals surface area contributed by atoms with Gasteiger partial charge in [0.2, 0.25) is 0 Å². The van der Waals surface area contributed by atoms with Gasteiger partial charge in [0, 0.05) is 0 Å². The van der Waals surface area contributed by atoms with E-state index >= 15 is 0 Å². The van der Waals surface area contributed by atoms with E-state index in [0.717, 1.165) is 12.8 Å². The number of rotatable bonds is 1. The fourth-order valence-electron chi connectivity index (χ4n) is 3.95. The minimum absolute atomic E-state index is 0. The Kier molecular flexibility index (Phi) is 11.9. The molecule has 33 heavy (non-hydrogen) atoms. The Balaban J connectivity index is 0.000000733. The molecule has 2 aliphatic carbocycles. The summed E-state index contributed by atoms with van der Waals surface area (Å²) in [5.41, 5.74) is 8.70. The second-order valence-corrected chi connectivity index (χ2v) is 16.9. The predicted octanol–water partition coefficient (Wildman–Crippen LogP) is 2.21. The zero-order valence-corrected chi connectivity index (χ0v) is 26.7. The summed E-state index contributed by atoms with van der Waals surface area (Å²) in [6.45, 7) is 20.7. The smallest absolute Gasteiger partial charge is 1.00 e. The molecule has 0 N–H and O–H groups in total. The van der Waals surface area contributed by atoms with Crippen LogP contribution in [0.4, 0.5) is 0 Å². The van der Waals surface area contributed by atoms with Crippen molar-refractivity contribution in [2.24, 2.45) is 0 Å². The molecule has 0 heterocycles. The van der Waals surface area contributed by atoms with Crippen molar-refractivity contribution in [2.45, 2.75) is 84.9 Å². The molecule has 2 aromatic carbocycles. The van der Waals surface area contributed by atoms with Crippen LogP contribution >= 0.6 is 0 Å². The van der Waals surface area contributed by atoms with Gasteiger partial charge in [-0.15, -0.1) is 17.5 Å². The van der Waals surface area contributed by atoms with Gasteiger partial charge in [0.1, 0.15) is 0 Å². The van der Waals surface area contributed by atoms with Crippen molar-refractivity contribution in [3.05, 3.63) is 82.1 Å². The molecule has 0 unspecified atom stereocenters. The summed E-state index contributed by atoms with van der Waals surface area (Å²) in [7, 11) is -0.981. The van der Waals surface area contributed by atoms with Gasteiger partial charge in [-0.05, 0) is 36.5 Å². The first-order valence-electron chi connectivity index (χ1n) is 11.2. The van der Waals surface area contributed by atoms with E-state index in [1.165, 1.54) is 33.4 Å². The van der Waals surface area contributed by atoms with Crippen molar-refractivity contribution in [1.82, 2.24) is 0 Å². The van der Waals surface area contributed by atoms with E-state index in [0.29, 0.717) is 0 Å². The predicted molar refractivity (Wildman–Crippen MR) is 135 cm³/mol. The fraction of sp³-hybridized carbons (Fsp3) is 0.448. The molecule has 4 rings (SSSR count). The summed E-state index contributed by atoms with van der Waals surface area (Å²) in [6.07, 6.45) is 9.72. The third-order valence-corrected chi connectivity index (χ3v) is 8.11. The van der Waals surface area contributed by atoms with Crippen LogP contribution in [0.3, 0.4) is 0 Å². The number of allylic oxidation sites excluding steroid dienone is 4. The summed E-state index contributed by atoms with van der Waals surface area (Å²) < 4.78 is 0. The van der Waals surface area contributed by atoms with Crippen molar-refractivity contribution < 1.29 is 51.0 Å². The maximum Gasteiger partial charge on any atom is 4.00 e. The summed E-state index contributed by atoms with van der Waals surface area (Å²) in [4.78, 5) is 0. The van der Waals surface area contributed by atoms with Crippen LogP contribution in [0.2, 0.25) is 19.6 Å². The Morgan fingerprint density at radius 3 is 1.88 bits per heavy atom. The zero-order chi connectivity index (χ0) is 22.3. The van der Waals surface area contributed by atoms with Crippen LogP contribution in [0.25, 0.3) is 11.1 Å². The van der Waals surface area contributed by atoms with Crippen molar-refractivity contribution in [2.75, 3.05) is 0 Å². The van der Waals surface area contributed by atoms with Gasteiger partial charge in [0.05, 0.1) is 0 Å². The number of hydrogen-bond acceptors (Lipinski definition) is 0. The van der Waals surface area contributed by atoms with Crippen molar-refractivity contribution >= 4 is 8.07 Å². The molecule has 0 aliphatic heterocycles. The molecule has 0 spiro atoms. The molecular formula is C29H38Cl2SiZr. The maximum absolute atomic E-state index is 3.67. The fourth-order valence-corrected chi connectivity index (χ4v) is 5.20. The first-order valence-corrected chi connectivity index (χ1v) is 14.7. The molecule has 0 amide bonds.